The zero-order valence-corrected chi connectivity index (χ0v) is 22.7. The van der Waals surface area contributed by atoms with Crippen LogP contribution in [0.4, 0.5) is 0 Å². The van der Waals surface area contributed by atoms with Gasteiger partial charge in [0.15, 0.2) is 0 Å². The highest BCUT2D eigenvalue weighted by molar-refractivity contribution is 8.01. The Balaban J connectivity index is 1.13. The van der Waals surface area contributed by atoms with E-state index < -0.39 is 0 Å². The predicted molar refractivity (Wildman–Crippen MR) is 143 cm³/mol. The van der Waals surface area contributed by atoms with Gasteiger partial charge >= 0.3 is 0 Å². The van der Waals surface area contributed by atoms with Crippen molar-refractivity contribution in [2.75, 3.05) is 18.8 Å². The van der Waals surface area contributed by atoms with E-state index in [1.807, 2.05) is 18.8 Å². The van der Waals surface area contributed by atoms with Crippen LogP contribution in [0.25, 0.3) is 0 Å². The molecule has 7 heterocycles. The molecule has 196 valence electrons. The molecule has 2 aromatic heterocycles. The summed E-state index contributed by atoms with van der Waals surface area (Å²) in [5.41, 5.74) is 3.01. The van der Waals surface area contributed by atoms with Crippen LogP contribution in [0.1, 0.15) is 88.3 Å². The van der Waals surface area contributed by atoms with Crippen LogP contribution in [0, 0.1) is 11.3 Å². The molecule has 5 fully saturated rings. The Kier molecular flexibility index (Phi) is 5.92. The lowest BCUT2D eigenvalue weighted by atomic mass is 9.66. The standard InChI is InChI=1S/C30H42N2O3S/c1-20-3-6-26(23-9-12-35-15-23)32-17-29(10-7-25(20)32)16-30(36-19-29)13-27(33)28-24(22-8-11-34-14-22)5-4-21(2)31(28)18-30/h8-9,11-12,14-15,20-21,24-28,33H,3-7,10,13,16-19H2,1-2H3/t20-,21-,24+,25+,26+,27-,28?,29+,30+/m1/s1. The molecule has 5 aliphatic rings. The number of thioether (sulfide) groups is 1. The fourth-order valence-corrected chi connectivity index (χ4v) is 11.0. The van der Waals surface area contributed by atoms with Crippen molar-refractivity contribution < 1.29 is 13.9 Å². The average Bonchev–Trinajstić information content (AvgIpc) is 3.63. The normalized spacial score (nSPS) is 45.7. The minimum Gasteiger partial charge on any atom is -0.472 e. The van der Waals surface area contributed by atoms with Gasteiger partial charge in [-0.1, -0.05) is 6.92 Å². The third-order valence-electron chi connectivity index (χ3n) is 10.9. The van der Waals surface area contributed by atoms with Crippen LogP contribution in [0.3, 0.4) is 0 Å². The SMILES string of the molecule is C[C@@H]1CC[C@@H](c2ccoc2)N2C[C@@]3(CC[C@@H]12)CS[C@@]1(C[C@@H](O)C2[C@H](c4ccoc4)CC[C@@H](C)N2C1)C3. The van der Waals surface area contributed by atoms with Crippen LogP contribution in [-0.4, -0.2) is 62.7 Å². The predicted octanol–water partition coefficient (Wildman–Crippen LogP) is 6.07. The summed E-state index contributed by atoms with van der Waals surface area (Å²) in [5.74, 6) is 2.40. The largest absolute Gasteiger partial charge is 0.472 e. The average molecular weight is 511 g/mol. The van der Waals surface area contributed by atoms with Gasteiger partial charge in [0.05, 0.1) is 31.2 Å². The molecule has 5 saturated heterocycles. The second-order valence-corrected chi connectivity index (χ2v) is 14.5. The zero-order valence-electron chi connectivity index (χ0n) is 21.9. The lowest BCUT2D eigenvalue weighted by Crippen LogP contribution is -2.64. The highest BCUT2D eigenvalue weighted by atomic mass is 32.2. The number of nitrogens with zero attached hydrogens (tertiary/aromatic N) is 2. The Morgan fingerprint density at radius 3 is 2.53 bits per heavy atom. The smallest absolute Gasteiger partial charge is 0.0950 e. The van der Waals surface area contributed by atoms with Crippen molar-refractivity contribution in [3.8, 4) is 0 Å². The number of aliphatic hydroxyl groups excluding tert-OH is 1. The van der Waals surface area contributed by atoms with Gasteiger partial charge in [-0.25, -0.2) is 0 Å². The maximum atomic E-state index is 11.7. The molecule has 36 heavy (non-hydrogen) atoms. The monoisotopic (exact) mass is 510 g/mol. The van der Waals surface area contributed by atoms with Gasteiger partial charge in [-0.3, -0.25) is 9.80 Å². The van der Waals surface area contributed by atoms with Crippen LogP contribution in [0.2, 0.25) is 0 Å². The highest BCUT2D eigenvalue weighted by Gasteiger charge is 2.58. The van der Waals surface area contributed by atoms with E-state index in [-0.39, 0.29) is 16.9 Å². The fraction of sp³-hybridized carbons (Fsp3) is 0.733. The molecule has 0 amide bonds. The van der Waals surface area contributed by atoms with E-state index >= 15 is 0 Å². The first-order valence-corrected chi connectivity index (χ1v) is 15.3. The Labute approximate surface area is 220 Å². The number of furan rings is 2. The van der Waals surface area contributed by atoms with Crippen molar-refractivity contribution in [1.82, 2.24) is 9.80 Å². The molecule has 5 aliphatic heterocycles. The van der Waals surface area contributed by atoms with E-state index in [0.717, 1.165) is 25.3 Å². The van der Waals surface area contributed by atoms with E-state index in [1.54, 1.807) is 6.26 Å². The van der Waals surface area contributed by atoms with Gasteiger partial charge in [-0.2, -0.15) is 11.8 Å². The summed E-state index contributed by atoms with van der Waals surface area (Å²) < 4.78 is 11.2. The highest BCUT2D eigenvalue weighted by Crippen LogP contribution is 2.60. The van der Waals surface area contributed by atoms with Crippen LogP contribution >= 0.6 is 11.8 Å². The van der Waals surface area contributed by atoms with Crippen molar-refractivity contribution >= 4 is 11.8 Å². The summed E-state index contributed by atoms with van der Waals surface area (Å²) in [5, 5.41) is 11.7. The Morgan fingerprint density at radius 1 is 0.944 bits per heavy atom. The van der Waals surface area contributed by atoms with Crippen LogP contribution < -0.4 is 0 Å². The van der Waals surface area contributed by atoms with E-state index in [9.17, 15) is 5.11 Å². The molecule has 0 aromatic carbocycles. The second-order valence-electron chi connectivity index (χ2n) is 13.1. The summed E-state index contributed by atoms with van der Waals surface area (Å²) in [4.78, 5) is 5.58. The molecule has 0 saturated carbocycles. The Hall–Kier alpha value is -1.21. The number of rotatable bonds is 2. The van der Waals surface area contributed by atoms with Gasteiger partial charge in [0.2, 0.25) is 0 Å². The number of hydrogen-bond donors (Lipinski definition) is 1. The second kappa shape index (κ2) is 8.93. The lowest BCUT2D eigenvalue weighted by Gasteiger charge is -2.56. The van der Waals surface area contributed by atoms with Gasteiger partial charge in [0, 0.05) is 59.2 Å². The van der Waals surface area contributed by atoms with Crippen molar-refractivity contribution in [3.05, 3.63) is 48.3 Å². The van der Waals surface area contributed by atoms with Gasteiger partial charge in [0.25, 0.3) is 0 Å². The molecular formula is C30H42N2O3S. The molecule has 1 unspecified atom stereocenters. The molecule has 1 N–H and O–H groups in total. The molecule has 9 atom stereocenters. The van der Waals surface area contributed by atoms with Crippen LogP contribution in [0.5, 0.6) is 0 Å². The van der Waals surface area contributed by atoms with E-state index in [4.69, 9.17) is 8.83 Å². The van der Waals surface area contributed by atoms with E-state index in [1.165, 1.54) is 61.9 Å². The molecule has 5 nitrogen and oxygen atoms in total. The van der Waals surface area contributed by atoms with Gasteiger partial charge < -0.3 is 13.9 Å². The topological polar surface area (TPSA) is 53.0 Å². The number of hydrogen-bond acceptors (Lipinski definition) is 6. The third kappa shape index (κ3) is 3.85. The first kappa shape index (κ1) is 23.9. The molecule has 0 radical (unpaired) electrons. The van der Waals surface area contributed by atoms with Gasteiger partial charge in [-0.05, 0) is 87.3 Å². The quantitative estimate of drug-likeness (QED) is 0.529. The Morgan fingerprint density at radius 2 is 1.75 bits per heavy atom. The minimum absolute atomic E-state index is 0.182. The van der Waals surface area contributed by atoms with Crippen molar-refractivity contribution in [1.29, 1.82) is 0 Å². The molecule has 2 spiro atoms. The third-order valence-corrected chi connectivity index (χ3v) is 12.7. The molecule has 0 aliphatic carbocycles. The first-order chi connectivity index (χ1) is 17.5. The molecular weight excluding hydrogens is 468 g/mol. The van der Waals surface area contributed by atoms with E-state index in [0.29, 0.717) is 29.5 Å². The van der Waals surface area contributed by atoms with Crippen LogP contribution in [0.15, 0.2) is 46.0 Å². The van der Waals surface area contributed by atoms with Crippen LogP contribution in [-0.2, 0) is 0 Å². The summed E-state index contributed by atoms with van der Waals surface area (Å²) in [6.45, 7) is 7.19. The molecule has 2 aromatic rings. The number of piperidine rings is 4. The van der Waals surface area contributed by atoms with Crippen molar-refractivity contribution in [2.24, 2.45) is 11.3 Å². The van der Waals surface area contributed by atoms with E-state index in [2.05, 4.69) is 47.5 Å². The fourth-order valence-electron chi connectivity index (χ4n) is 9.13. The summed E-state index contributed by atoms with van der Waals surface area (Å²) in [6.07, 6.45) is 17.0. The molecule has 7 rings (SSSR count). The maximum Gasteiger partial charge on any atom is 0.0950 e. The van der Waals surface area contributed by atoms with Gasteiger partial charge in [0.1, 0.15) is 0 Å². The minimum atomic E-state index is -0.269. The maximum absolute atomic E-state index is 11.7. The Bertz CT molecular complexity index is 1040. The summed E-state index contributed by atoms with van der Waals surface area (Å²) >= 11 is 2.20. The lowest BCUT2D eigenvalue weighted by molar-refractivity contribution is -0.0710. The molecule has 0 bridgehead atoms. The van der Waals surface area contributed by atoms with Gasteiger partial charge in [-0.15, -0.1) is 0 Å². The summed E-state index contributed by atoms with van der Waals surface area (Å²) in [6, 6.07) is 6.26. The number of fused-ring (bicyclic) bond motifs is 2. The zero-order chi connectivity index (χ0) is 24.5. The van der Waals surface area contributed by atoms with Crippen molar-refractivity contribution in [2.45, 2.75) is 106 Å². The number of aliphatic hydroxyl groups is 1. The molecule has 6 heteroatoms. The van der Waals surface area contributed by atoms with Crippen molar-refractivity contribution in [3.63, 3.8) is 0 Å². The first-order valence-electron chi connectivity index (χ1n) is 14.3. The summed E-state index contributed by atoms with van der Waals surface area (Å²) in [7, 11) is 0.